The van der Waals surface area contributed by atoms with Gasteiger partial charge in [0.2, 0.25) is 11.8 Å². The Morgan fingerprint density at radius 1 is 1.12 bits per heavy atom. The van der Waals surface area contributed by atoms with Crippen molar-refractivity contribution < 1.29 is 9.32 Å². The fraction of sp³-hybridized carbons (Fsp3) is 0.167. The number of carbonyl (C=O) groups is 1. The monoisotopic (exact) mass is 339 g/mol. The molecule has 0 aliphatic rings. The minimum absolute atomic E-state index is 0.0522. The molecule has 2 aromatic carbocycles. The molecule has 5 nitrogen and oxygen atoms in total. The SMILES string of the molecule is Cc1nc(CSCC(=O)Nc2ccccc2-c2ccccc2)no1. The normalized spacial score (nSPS) is 10.5. The summed E-state index contributed by atoms with van der Waals surface area (Å²) >= 11 is 1.45. The lowest BCUT2D eigenvalue weighted by Gasteiger charge is -2.11. The molecule has 0 saturated heterocycles. The van der Waals surface area contributed by atoms with Crippen LogP contribution in [-0.4, -0.2) is 21.8 Å². The molecule has 6 heteroatoms. The zero-order chi connectivity index (χ0) is 16.8. The number of para-hydroxylation sites is 1. The zero-order valence-corrected chi connectivity index (χ0v) is 14.0. The van der Waals surface area contributed by atoms with Crippen LogP contribution in [0.3, 0.4) is 0 Å². The van der Waals surface area contributed by atoms with Crippen molar-refractivity contribution in [2.24, 2.45) is 0 Å². The van der Waals surface area contributed by atoms with E-state index in [-0.39, 0.29) is 5.91 Å². The van der Waals surface area contributed by atoms with Gasteiger partial charge in [0.1, 0.15) is 0 Å². The lowest BCUT2D eigenvalue weighted by atomic mass is 10.0. The molecule has 1 aromatic heterocycles. The van der Waals surface area contributed by atoms with Crippen LogP contribution in [-0.2, 0) is 10.5 Å². The van der Waals surface area contributed by atoms with Gasteiger partial charge in [0.05, 0.1) is 11.5 Å². The van der Waals surface area contributed by atoms with Crippen LogP contribution in [0, 0.1) is 6.92 Å². The number of hydrogen-bond donors (Lipinski definition) is 1. The number of carbonyl (C=O) groups excluding carboxylic acids is 1. The first-order chi connectivity index (χ1) is 11.7. The molecule has 1 heterocycles. The predicted octanol–water partition coefficient (Wildman–Crippen LogP) is 3.92. The van der Waals surface area contributed by atoms with Crippen LogP contribution in [0.4, 0.5) is 5.69 Å². The molecule has 0 atom stereocenters. The molecular weight excluding hydrogens is 322 g/mol. The van der Waals surface area contributed by atoms with Gasteiger partial charge in [-0.15, -0.1) is 11.8 Å². The second-order valence-electron chi connectivity index (χ2n) is 5.18. The molecule has 0 spiro atoms. The van der Waals surface area contributed by atoms with E-state index in [1.807, 2.05) is 54.6 Å². The molecule has 122 valence electrons. The lowest BCUT2D eigenvalue weighted by Crippen LogP contribution is -2.14. The predicted molar refractivity (Wildman–Crippen MR) is 95.7 cm³/mol. The standard InChI is InChI=1S/C18H17N3O2S/c1-13-19-17(21-23-13)11-24-12-18(22)20-16-10-6-5-9-15(16)14-7-3-2-4-8-14/h2-10H,11-12H2,1H3,(H,20,22). The van der Waals surface area contributed by atoms with Crippen molar-refractivity contribution in [3.8, 4) is 11.1 Å². The Kier molecular flexibility index (Phi) is 5.28. The highest BCUT2D eigenvalue weighted by atomic mass is 32.2. The summed E-state index contributed by atoms with van der Waals surface area (Å²) in [6.07, 6.45) is 0. The average molecular weight is 339 g/mol. The number of rotatable bonds is 6. The molecule has 3 aromatic rings. The number of nitrogens with zero attached hydrogens (tertiary/aromatic N) is 2. The van der Waals surface area contributed by atoms with E-state index in [4.69, 9.17) is 4.52 Å². The molecule has 3 rings (SSSR count). The van der Waals surface area contributed by atoms with Crippen molar-refractivity contribution in [3.63, 3.8) is 0 Å². The number of thioether (sulfide) groups is 1. The summed E-state index contributed by atoms with van der Waals surface area (Å²) in [5.41, 5.74) is 2.89. The molecule has 0 bridgehead atoms. The summed E-state index contributed by atoms with van der Waals surface area (Å²) in [5.74, 6) is 1.97. The largest absolute Gasteiger partial charge is 0.340 e. The third kappa shape index (κ3) is 4.23. The van der Waals surface area contributed by atoms with Gasteiger partial charge in [-0.05, 0) is 11.6 Å². The third-order valence-electron chi connectivity index (χ3n) is 3.32. The number of anilines is 1. The molecule has 0 aliphatic heterocycles. The number of amides is 1. The summed E-state index contributed by atoms with van der Waals surface area (Å²) in [5, 5.41) is 6.79. The Labute approximate surface area is 144 Å². The van der Waals surface area contributed by atoms with Crippen LogP contribution < -0.4 is 5.32 Å². The minimum Gasteiger partial charge on any atom is -0.340 e. The van der Waals surface area contributed by atoms with Crippen LogP contribution in [0.1, 0.15) is 11.7 Å². The van der Waals surface area contributed by atoms with Crippen molar-refractivity contribution in [3.05, 3.63) is 66.3 Å². The highest BCUT2D eigenvalue weighted by Crippen LogP contribution is 2.27. The Balaban J connectivity index is 1.60. The molecule has 0 unspecified atom stereocenters. The van der Waals surface area contributed by atoms with Crippen LogP contribution in [0.5, 0.6) is 0 Å². The lowest BCUT2D eigenvalue weighted by molar-refractivity contribution is -0.113. The minimum atomic E-state index is -0.0522. The fourth-order valence-corrected chi connectivity index (χ4v) is 2.94. The zero-order valence-electron chi connectivity index (χ0n) is 13.2. The molecular formula is C18H17N3O2S. The maximum absolute atomic E-state index is 12.2. The van der Waals surface area contributed by atoms with E-state index in [1.165, 1.54) is 11.8 Å². The van der Waals surface area contributed by atoms with Gasteiger partial charge in [-0.25, -0.2) is 0 Å². The molecule has 0 aliphatic carbocycles. The van der Waals surface area contributed by atoms with Gasteiger partial charge in [-0.1, -0.05) is 53.7 Å². The van der Waals surface area contributed by atoms with Gasteiger partial charge in [-0.3, -0.25) is 4.79 Å². The number of aromatic nitrogens is 2. The summed E-state index contributed by atoms with van der Waals surface area (Å²) in [7, 11) is 0. The Bertz CT molecular complexity index is 818. The van der Waals surface area contributed by atoms with Crippen molar-refractivity contribution in [2.45, 2.75) is 12.7 Å². The topological polar surface area (TPSA) is 68.0 Å². The van der Waals surface area contributed by atoms with E-state index in [0.29, 0.717) is 23.2 Å². The van der Waals surface area contributed by atoms with Crippen LogP contribution in [0.25, 0.3) is 11.1 Å². The Morgan fingerprint density at radius 2 is 1.88 bits per heavy atom. The quantitative estimate of drug-likeness (QED) is 0.737. The van der Waals surface area contributed by atoms with E-state index in [2.05, 4.69) is 15.5 Å². The van der Waals surface area contributed by atoms with Crippen molar-refractivity contribution in [2.75, 3.05) is 11.1 Å². The second kappa shape index (κ2) is 7.79. The molecule has 0 radical (unpaired) electrons. The van der Waals surface area contributed by atoms with Crippen molar-refractivity contribution >= 4 is 23.4 Å². The Morgan fingerprint density at radius 3 is 2.62 bits per heavy atom. The van der Waals surface area contributed by atoms with Gasteiger partial charge in [-0.2, -0.15) is 4.98 Å². The highest BCUT2D eigenvalue weighted by Gasteiger charge is 2.09. The maximum atomic E-state index is 12.2. The van der Waals surface area contributed by atoms with Crippen molar-refractivity contribution in [1.82, 2.24) is 10.1 Å². The summed E-state index contributed by atoms with van der Waals surface area (Å²) < 4.78 is 4.91. The van der Waals surface area contributed by atoms with Crippen molar-refractivity contribution in [1.29, 1.82) is 0 Å². The molecule has 0 saturated carbocycles. The van der Waals surface area contributed by atoms with Crippen LogP contribution in [0.2, 0.25) is 0 Å². The van der Waals surface area contributed by atoms with Gasteiger partial charge in [0.25, 0.3) is 0 Å². The smallest absolute Gasteiger partial charge is 0.234 e. The van der Waals surface area contributed by atoms with Gasteiger partial charge < -0.3 is 9.84 Å². The molecule has 24 heavy (non-hydrogen) atoms. The summed E-state index contributed by atoms with van der Waals surface area (Å²) in [4.78, 5) is 16.3. The van der Waals surface area contributed by atoms with E-state index in [9.17, 15) is 4.79 Å². The van der Waals surface area contributed by atoms with E-state index >= 15 is 0 Å². The summed E-state index contributed by atoms with van der Waals surface area (Å²) in [6.45, 7) is 1.74. The molecule has 1 amide bonds. The van der Waals surface area contributed by atoms with Gasteiger partial charge >= 0.3 is 0 Å². The Hall–Kier alpha value is -2.60. The van der Waals surface area contributed by atoms with Gasteiger partial charge in [0.15, 0.2) is 5.82 Å². The maximum Gasteiger partial charge on any atom is 0.234 e. The number of aryl methyl sites for hydroxylation is 1. The van der Waals surface area contributed by atoms with E-state index < -0.39 is 0 Å². The molecule has 1 N–H and O–H groups in total. The van der Waals surface area contributed by atoms with Crippen LogP contribution in [0.15, 0.2) is 59.1 Å². The number of nitrogens with one attached hydrogen (secondary N) is 1. The van der Waals surface area contributed by atoms with Gasteiger partial charge in [0, 0.05) is 18.2 Å². The second-order valence-corrected chi connectivity index (χ2v) is 6.17. The average Bonchev–Trinajstić information content (AvgIpc) is 3.01. The first-order valence-corrected chi connectivity index (χ1v) is 8.69. The van der Waals surface area contributed by atoms with E-state index in [0.717, 1.165) is 16.8 Å². The summed E-state index contributed by atoms with van der Waals surface area (Å²) in [6, 6.07) is 17.8. The number of benzene rings is 2. The fourth-order valence-electron chi connectivity index (χ4n) is 2.28. The third-order valence-corrected chi connectivity index (χ3v) is 4.25. The van der Waals surface area contributed by atoms with Crippen LogP contribution >= 0.6 is 11.8 Å². The van der Waals surface area contributed by atoms with E-state index in [1.54, 1.807) is 6.92 Å². The number of hydrogen-bond acceptors (Lipinski definition) is 5. The highest BCUT2D eigenvalue weighted by molar-refractivity contribution is 7.99. The first kappa shape index (κ1) is 16.3. The first-order valence-electron chi connectivity index (χ1n) is 7.53. The molecule has 0 fully saturated rings.